The highest BCUT2D eigenvalue weighted by Crippen LogP contribution is 2.49. The van der Waals surface area contributed by atoms with Gasteiger partial charge in [-0.2, -0.15) is 0 Å². The van der Waals surface area contributed by atoms with Crippen molar-refractivity contribution in [3.63, 3.8) is 0 Å². The molecule has 3 heterocycles. The molecule has 0 aromatic heterocycles. The molecule has 5 aliphatic rings. The number of ether oxygens (including phenoxy) is 4. The molecular weight excluding hydrogens is 244 g/mol. The first-order chi connectivity index (χ1) is 9.31. The van der Waals surface area contributed by atoms with Crippen LogP contribution in [0.25, 0.3) is 0 Å². The van der Waals surface area contributed by atoms with E-state index in [1.165, 1.54) is 25.7 Å². The number of epoxide rings is 2. The van der Waals surface area contributed by atoms with E-state index < -0.39 is 0 Å². The maximum atomic E-state index is 6.11. The van der Waals surface area contributed by atoms with E-state index >= 15 is 0 Å². The average molecular weight is 266 g/mol. The summed E-state index contributed by atoms with van der Waals surface area (Å²) in [5.74, 6) is 0.551. The Bertz CT molecular complexity index is 376. The van der Waals surface area contributed by atoms with Crippen LogP contribution >= 0.6 is 0 Å². The summed E-state index contributed by atoms with van der Waals surface area (Å²) in [6, 6.07) is 0. The van der Waals surface area contributed by atoms with Gasteiger partial charge in [-0.1, -0.05) is 0 Å². The van der Waals surface area contributed by atoms with Gasteiger partial charge in [0.2, 0.25) is 0 Å². The molecular formula is C15H22O4. The van der Waals surface area contributed by atoms with Crippen LogP contribution in [0.15, 0.2) is 0 Å². The number of hydrogen-bond donors (Lipinski definition) is 0. The van der Waals surface area contributed by atoms with E-state index in [-0.39, 0.29) is 11.7 Å². The molecule has 2 aliphatic carbocycles. The second-order valence-electron chi connectivity index (χ2n) is 7.23. The zero-order valence-corrected chi connectivity index (χ0v) is 11.3. The Morgan fingerprint density at radius 2 is 1.58 bits per heavy atom. The molecule has 106 valence electrons. The lowest BCUT2D eigenvalue weighted by Crippen LogP contribution is -2.47. The van der Waals surface area contributed by atoms with Gasteiger partial charge in [-0.15, -0.1) is 0 Å². The van der Waals surface area contributed by atoms with Gasteiger partial charge in [-0.3, -0.25) is 0 Å². The van der Waals surface area contributed by atoms with Gasteiger partial charge < -0.3 is 18.9 Å². The Kier molecular flexibility index (Phi) is 2.38. The van der Waals surface area contributed by atoms with Crippen LogP contribution in [-0.4, -0.2) is 43.9 Å². The maximum absolute atomic E-state index is 6.11. The van der Waals surface area contributed by atoms with E-state index in [0.29, 0.717) is 30.3 Å². The predicted molar refractivity (Wildman–Crippen MR) is 66.6 cm³/mol. The monoisotopic (exact) mass is 266 g/mol. The third-order valence-corrected chi connectivity index (χ3v) is 5.82. The van der Waals surface area contributed by atoms with Crippen molar-refractivity contribution in [2.24, 2.45) is 11.3 Å². The van der Waals surface area contributed by atoms with E-state index in [2.05, 4.69) is 0 Å². The van der Waals surface area contributed by atoms with Crippen LogP contribution in [-0.2, 0) is 18.9 Å². The Hall–Kier alpha value is -0.160. The van der Waals surface area contributed by atoms with Gasteiger partial charge in [0, 0.05) is 11.3 Å². The van der Waals surface area contributed by atoms with Crippen molar-refractivity contribution in [1.82, 2.24) is 0 Å². The zero-order valence-electron chi connectivity index (χ0n) is 11.3. The highest BCUT2D eigenvalue weighted by atomic mass is 16.7. The van der Waals surface area contributed by atoms with Crippen molar-refractivity contribution in [3.05, 3.63) is 0 Å². The first kappa shape index (κ1) is 11.5. The summed E-state index contributed by atoms with van der Waals surface area (Å²) in [5.41, 5.74) is 0.251. The van der Waals surface area contributed by atoms with Gasteiger partial charge in [0.1, 0.15) is 0 Å². The van der Waals surface area contributed by atoms with Crippen LogP contribution in [0, 0.1) is 11.3 Å². The average Bonchev–Trinajstić information content (AvgIpc) is 3.33. The van der Waals surface area contributed by atoms with Crippen LogP contribution in [0.3, 0.4) is 0 Å². The Morgan fingerprint density at radius 3 is 2.37 bits per heavy atom. The van der Waals surface area contributed by atoms with Crippen LogP contribution in [0.2, 0.25) is 0 Å². The van der Waals surface area contributed by atoms with Crippen LogP contribution in [0.4, 0.5) is 0 Å². The molecule has 5 rings (SSSR count). The Labute approximate surface area is 113 Å². The molecule has 19 heavy (non-hydrogen) atoms. The first-order valence-electron chi connectivity index (χ1n) is 7.86. The molecule has 4 heteroatoms. The van der Waals surface area contributed by atoms with Crippen molar-refractivity contribution < 1.29 is 18.9 Å². The molecule has 0 N–H and O–H groups in total. The molecule has 3 saturated heterocycles. The highest BCUT2D eigenvalue weighted by Gasteiger charge is 2.53. The topological polar surface area (TPSA) is 43.5 Å². The minimum Gasteiger partial charge on any atom is -0.370 e. The fourth-order valence-electron chi connectivity index (χ4n) is 4.41. The van der Waals surface area contributed by atoms with Crippen LogP contribution in [0.5, 0.6) is 0 Å². The van der Waals surface area contributed by atoms with Crippen LogP contribution in [0.1, 0.15) is 38.5 Å². The summed E-state index contributed by atoms with van der Waals surface area (Å²) in [4.78, 5) is 0. The second kappa shape index (κ2) is 3.94. The smallest absolute Gasteiger partial charge is 0.160 e. The molecule has 3 aliphatic heterocycles. The summed E-state index contributed by atoms with van der Waals surface area (Å²) >= 11 is 0. The molecule has 4 nitrogen and oxygen atoms in total. The quantitative estimate of drug-likeness (QED) is 0.680. The van der Waals surface area contributed by atoms with Crippen molar-refractivity contribution >= 4 is 0 Å². The van der Waals surface area contributed by atoms with Gasteiger partial charge in [0.15, 0.2) is 6.29 Å². The molecule has 0 bridgehead atoms. The molecule has 2 saturated carbocycles. The van der Waals surface area contributed by atoms with E-state index in [1.807, 2.05) is 0 Å². The molecule has 5 atom stereocenters. The Morgan fingerprint density at radius 1 is 0.789 bits per heavy atom. The fourth-order valence-corrected chi connectivity index (χ4v) is 4.41. The zero-order chi connectivity index (χ0) is 12.4. The molecule has 0 radical (unpaired) electrons. The molecule has 0 amide bonds. The van der Waals surface area contributed by atoms with Gasteiger partial charge in [-0.25, -0.2) is 0 Å². The number of fused-ring (bicyclic) bond motifs is 2. The SMILES string of the molecule is C1CC2OC2CC1C1OCC2(CCC3OC3C2)CO1. The van der Waals surface area contributed by atoms with E-state index in [0.717, 1.165) is 26.1 Å². The van der Waals surface area contributed by atoms with Crippen molar-refractivity contribution in [2.75, 3.05) is 13.2 Å². The third kappa shape index (κ3) is 1.96. The summed E-state index contributed by atoms with van der Waals surface area (Å²) in [5, 5.41) is 0. The molecule has 0 aromatic rings. The van der Waals surface area contributed by atoms with E-state index in [4.69, 9.17) is 18.9 Å². The standard InChI is InChI=1S/C15H22O4/c1-2-10-12(18-10)5-9(1)14-16-7-15(8-17-14)4-3-11-13(6-15)19-11/h9-14H,1-8H2. The fraction of sp³-hybridized carbons (Fsp3) is 1.00. The van der Waals surface area contributed by atoms with Gasteiger partial charge in [0.25, 0.3) is 0 Å². The van der Waals surface area contributed by atoms with Gasteiger partial charge in [0.05, 0.1) is 37.6 Å². The summed E-state index contributed by atoms with van der Waals surface area (Å²) in [6.07, 6.45) is 9.24. The molecule has 5 unspecified atom stereocenters. The maximum Gasteiger partial charge on any atom is 0.160 e. The van der Waals surface area contributed by atoms with Gasteiger partial charge >= 0.3 is 0 Å². The summed E-state index contributed by atoms with van der Waals surface area (Å²) < 4.78 is 23.5. The second-order valence-corrected chi connectivity index (χ2v) is 7.23. The van der Waals surface area contributed by atoms with Crippen LogP contribution < -0.4 is 0 Å². The highest BCUT2D eigenvalue weighted by molar-refractivity contribution is 5.00. The first-order valence-corrected chi connectivity index (χ1v) is 7.86. The molecule has 5 fully saturated rings. The number of rotatable bonds is 1. The normalized spacial score (nSPS) is 59.4. The lowest BCUT2D eigenvalue weighted by Gasteiger charge is -2.43. The largest absolute Gasteiger partial charge is 0.370 e. The summed E-state index contributed by atoms with van der Waals surface area (Å²) in [6.45, 7) is 1.74. The predicted octanol–water partition coefficient (Wildman–Crippen LogP) is 1.86. The molecule has 0 aromatic carbocycles. The molecule has 1 spiro atoms. The van der Waals surface area contributed by atoms with Crippen molar-refractivity contribution in [3.8, 4) is 0 Å². The lowest BCUT2D eigenvalue weighted by atomic mass is 9.74. The lowest BCUT2D eigenvalue weighted by molar-refractivity contribution is -0.257. The minimum atomic E-state index is 0.0219. The Balaban J connectivity index is 1.21. The minimum absolute atomic E-state index is 0.0219. The summed E-state index contributed by atoms with van der Waals surface area (Å²) in [7, 11) is 0. The third-order valence-electron chi connectivity index (χ3n) is 5.82. The van der Waals surface area contributed by atoms with Gasteiger partial charge in [-0.05, 0) is 38.5 Å². The van der Waals surface area contributed by atoms with Crippen molar-refractivity contribution in [2.45, 2.75) is 69.2 Å². The van der Waals surface area contributed by atoms with E-state index in [1.54, 1.807) is 0 Å². The van der Waals surface area contributed by atoms with E-state index in [9.17, 15) is 0 Å². The number of hydrogen-bond acceptors (Lipinski definition) is 4. The van der Waals surface area contributed by atoms with Crippen molar-refractivity contribution in [1.29, 1.82) is 0 Å².